The molecule has 0 saturated carbocycles. The van der Waals surface area contributed by atoms with Crippen LogP contribution in [-0.2, 0) is 6.42 Å². The van der Waals surface area contributed by atoms with Crippen LogP contribution >= 0.6 is 27.3 Å². The average Bonchev–Trinajstić information content (AvgIpc) is 2.60. The number of nitrogens with one attached hydrogen (secondary N) is 1. The van der Waals surface area contributed by atoms with E-state index in [1.165, 1.54) is 8.66 Å². The van der Waals surface area contributed by atoms with Crippen LogP contribution in [-0.4, -0.2) is 19.6 Å². The average molecular weight is 291 g/mol. The van der Waals surface area contributed by atoms with Crippen LogP contribution in [0, 0.1) is 5.92 Å². The zero-order valence-electron chi connectivity index (χ0n) is 9.13. The lowest BCUT2D eigenvalue weighted by molar-refractivity contribution is 0.489. The normalized spacial score (nSPS) is 13.0. The third-order valence-corrected chi connectivity index (χ3v) is 4.01. The summed E-state index contributed by atoms with van der Waals surface area (Å²) >= 11 is 5.28. The maximum Gasteiger partial charge on any atom is 0.0701 e. The van der Waals surface area contributed by atoms with Gasteiger partial charge in [0.15, 0.2) is 0 Å². The molecule has 1 rings (SSSR count). The fraction of sp³-hybridized carbons (Fsp3) is 0.636. The van der Waals surface area contributed by atoms with E-state index in [0.29, 0.717) is 5.92 Å². The fourth-order valence-electron chi connectivity index (χ4n) is 1.43. The van der Waals surface area contributed by atoms with Gasteiger partial charge in [-0.1, -0.05) is 6.92 Å². The van der Waals surface area contributed by atoms with Crippen LogP contribution in [0.25, 0.3) is 0 Å². The van der Waals surface area contributed by atoms with Gasteiger partial charge in [0.25, 0.3) is 0 Å². The summed E-state index contributed by atoms with van der Waals surface area (Å²) in [6.45, 7) is 5.16. The van der Waals surface area contributed by atoms with E-state index in [0.717, 1.165) is 32.5 Å². The van der Waals surface area contributed by atoms with Crippen molar-refractivity contribution in [1.29, 1.82) is 0 Å². The SMILES string of the molecule is CC(CCN)CNCCc1ccc(Br)s1. The van der Waals surface area contributed by atoms with Crippen LogP contribution in [0.3, 0.4) is 0 Å². The number of rotatable bonds is 7. The second-order valence-corrected chi connectivity index (χ2v) is 6.39. The van der Waals surface area contributed by atoms with Crippen LogP contribution in [0.15, 0.2) is 15.9 Å². The van der Waals surface area contributed by atoms with Gasteiger partial charge in [0.1, 0.15) is 0 Å². The van der Waals surface area contributed by atoms with Gasteiger partial charge in [0, 0.05) is 4.88 Å². The lowest BCUT2D eigenvalue weighted by Crippen LogP contribution is -2.24. The van der Waals surface area contributed by atoms with Gasteiger partial charge >= 0.3 is 0 Å². The van der Waals surface area contributed by atoms with Crippen LogP contribution in [0.2, 0.25) is 0 Å². The predicted octanol–water partition coefficient (Wildman–Crippen LogP) is 2.63. The molecule has 0 saturated heterocycles. The highest BCUT2D eigenvalue weighted by atomic mass is 79.9. The quantitative estimate of drug-likeness (QED) is 0.758. The molecule has 0 fully saturated rings. The first-order valence-corrected chi connectivity index (χ1v) is 6.98. The molecule has 1 unspecified atom stereocenters. The van der Waals surface area contributed by atoms with Gasteiger partial charge in [-0.05, 0) is 66.5 Å². The molecule has 0 aliphatic carbocycles. The van der Waals surface area contributed by atoms with Crippen molar-refractivity contribution < 1.29 is 0 Å². The highest BCUT2D eigenvalue weighted by Crippen LogP contribution is 2.21. The summed E-state index contributed by atoms with van der Waals surface area (Å²) in [6, 6.07) is 4.29. The van der Waals surface area contributed by atoms with Crippen molar-refractivity contribution in [3.63, 3.8) is 0 Å². The van der Waals surface area contributed by atoms with E-state index >= 15 is 0 Å². The summed E-state index contributed by atoms with van der Waals surface area (Å²) < 4.78 is 1.22. The van der Waals surface area contributed by atoms with Crippen LogP contribution in [0.1, 0.15) is 18.2 Å². The molecule has 0 spiro atoms. The van der Waals surface area contributed by atoms with E-state index in [-0.39, 0.29) is 0 Å². The number of nitrogens with two attached hydrogens (primary N) is 1. The Labute approximate surface area is 104 Å². The Morgan fingerprint density at radius 2 is 2.33 bits per heavy atom. The van der Waals surface area contributed by atoms with Gasteiger partial charge in [-0.2, -0.15) is 0 Å². The molecular formula is C11H19BrN2S. The van der Waals surface area contributed by atoms with Crippen molar-refractivity contribution in [2.45, 2.75) is 19.8 Å². The molecule has 1 aromatic rings. The number of hydrogen-bond donors (Lipinski definition) is 2. The summed E-state index contributed by atoms with van der Waals surface area (Å²) in [5.41, 5.74) is 5.50. The van der Waals surface area contributed by atoms with E-state index in [2.05, 4.69) is 40.3 Å². The van der Waals surface area contributed by atoms with Crippen LogP contribution < -0.4 is 11.1 Å². The van der Waals surface area contributed by atoms with Gasteiger partial charge in [-0.3, -0.25) is 0 Å². The largest absolute Gasteiger partial charge is 0.330 e. The molecule has 1 atom stereocenters. The van der Waals surface area contributed by atoms with Gasteiger partial charge in [0.2, 0.25) is 0 Å². The van der Waals surface area contributed by atoms with E-state index < -0.39 is 0 Å². The van der Waals surface area contributed by atoms with E-state index in [1.807, 2.05) is 11.3 Å². The van der Waals surface area contributed by atoms with Gasteiger partial charge in [0.05, 0.1) is 3.79 Å². The smallest absolute Gasteiger partial charge is 0.0701 e. The Hall–Kier alpha value is 0.1000. The number of hydrogen-bond acceptors (Lipinski definition) is 3. The summed E-state index contributed by atoms with van der Waals surface area (Å²) in [6.07, 6.45) is 2.23. The maximum atomic E-state index is 5.50. The van der Waals surface area contributed by atoms with Crippen molar-refractivity contribution in [2.24, 2.45) is 11.7 Å². The van der Waals surface area contributed by atoms with Crippen LogP contribution in [0.5, 0.6) is 0 Å². The molecule has 0 aromatic carbocycles. The molecule has 0 aliphatic rings. The molecular weight excluding hydrogens is 272 g/mol. The Balaban J connectivity index is 2.06. The van der Waals surface area contributed by atoms with Crippen molar-refractivity contribution in [1.82, 2.24) is 5.32 Å². The summed E-state index contributed by atoms with van der Waals surface area (Å²) in [7, 11) is 0. The number of thiophene rings is 1. The third kappa shape index (κ3) is 5.66. The zero-order chi connectivity index (χ0) is 11.1. The molecule has 4 heteroatoms. The molecule has 15 heavy (non-hydrogen) atoms. The van der Waals surface area contributed by atoms with Gasteiger partial charge in [-0.25, -0.2) is 0 Å². The third-order valence-electron chi connectivity index (χ3n) is 2.33. The molecule has 0 amide bonds. The summed E-state index contributed by atoms with van der Waals surface area (Å²) in [5.74, 6) is 0.685. The Morgan fingerprint density at radius 1 is 1.53 bits per heavy atom. The molecule has 0 radical (unpaired) electrons. The maximum absolute atomic E-state index is 5.50. The highest BCUT2D eigenvalue weighted by molar-refractivity contribution is 9.11. The first kappa shape index (κ1) is 13.2. The number of halogens is 1. The van der Waals surface area contributed by atoms with Crippen molar-refractivity contribution in [3.8, 4) is 0 Å². The van der Waals surface area contributed by atoms with Crippen molar-refractivity contribution >= 4 is 27.3 Å². The molecule has 1 heterocycles. The molecule has 0 aliphatic heterocycles. The molecule has 1 aromatic heterocycles. The Bertz CT molecular complexity index is 275. The highest BCUT2D eigenvalue weighted by Gasteiger charge is 2.00. The second-order valence-electron chi connectivity index (χ2n) is 3.84. The molecule has 2 nitrogen and oxygen atoms in total. The minimum absolute atomic E-state index is 0.685. The van der Waals surface area contributed by atoms with Crippen molar-refractivity contribution in [2.75, 3.05) is 19.6 Å². The van der Waals surface area contributed by atoms with E-state index in [4.69, 9.17) is 5.73 Å². The first-order chi connectivity index (χ1) is 7.22. The van der Waals surface area contributed by atoms with Gasteiger partial charge < -0.3 is 11.1 Å². The predicted molar refractivity (Wildman–Crippen MR) is 71.4 cm³/mol. The molecule has 0 bridgehead atoms. The van der Waals surface area contributed by atoms with Crippen molar-refractivity contribution in [3.05, 3.63) is 20.8 Å². The Kier molecular flexibility index (Phi) is 6.48. The van der Waals surface area contributed by atoms with E-state index in [1.54, 1.807) is 0 Å². The topological polar surface area (TPSA) is 38.0 Å². The lowest BCUT2D eigenvalue weighted by atomic mass is 10.1. The zero-order valence-corrected chi connectivity index (χ0v) is 11.5. The minimum atomic E-state index is 0.685. The Morgan fingerprint density at radius 3 is 2.93 bits per heavy atom. The summed E-state index contributed by atoms with van der Waals surface area (Å²) in [5, 5.41) is 3.46. The van der Waals surface area contributed by atoms with Crippen LogP contribution in [0.4, 0.5) is 0 Å². The lowest BCUT2D eigenvalue weighted by Gasteiger charge is -2.10. The molecule has 86 valence electrons. The standard InChI is InChI=1S/C11H19BrN2S/c1-9(4-6-13)8-14-7-5-10-2-3-11(12)15-10/h2-3,9,14H,4-8,13H2,1H3. The first-order valence-electron chi connectivity index (χ1n) is 5.37. The van der Waals surface area contributed by atoms with E-state index in [9.17, 15) is 0 Å². The monoisotopic (exact) mass is 290 g/mol. The summed E-state index contributed by atoms with van der Waals surface area (Å²) in [4.78, 5) is 1.43. The second kappa shape index (κ2) is 7.39. The minimum Gasteiger partial charge on any atom is -0.330 e. The molecule has 3 N–H and O–H groups in total. The van der Waals surface area contributed by atoms with Gasteiger partial charge in [-0.15, -0.1) is 11.3 Å². The fourth-order valence-corrected chi connectivity index (χ4v) is 2.92.